The molecule has 0 fully saturated rings. The van der Waals surface area contributed by atoms with Crippen LogP contribution in [-0.2, 0) is 10.5 Å². The van der Waals surface area contributed by atoms with E-state index in [-0.39, 0.29) is 5.56 Å². The summed E-state index contributed by atoms with van der Waals surface area (Å²) in [6.45, 7) is -0.495. The Hall–Kier alpha value is -4.02. The zero-order chi connectivity index (χ0) is 25.9. The normalized spacial score (nSPS) is 13.7. The Bertz CT molecular complexity index is 1540. The Balaban J connectivity index is 1.56. The molecule has 0 amide bonds. The number of hydrogen-bond acceptors (Lipinski definition) is 7. The second kappa shape index (κ2) is 10.5. The number of carboxylic acid groups (broad SMARTS) is 1. The maximum Gasteiger partial charge on any atom is 0.341 e. The van der Waals surface area contributed by atoms with Crippen molar-refractivity contribution in [2.24, 2.45) is 0 Å². The standard InChI is InChI=1S/C26H21ClN4O5S/c1-35-21-12-15(10-11-20(21)36-13-22(32)33)24-28-19-9-5-3-7-17(19)23-25(34)29-26(30-31(23)24)37-14-16-6-2-4-8-18(16)27/h2-12,24H,13-14H2,1H3,(H2,29,30,32,33,34)/p+1/t24-/m0/s1. The summed E-state index contributed by atoms with van der Waals surface area (Å²) in [5.41, 5.74) is 3.31. The molecule has 0 radical (unpaired) electrons. The van der Waals surface area contributed by atoms with Crippen LogP contribution >= 0.6 is 23.4 Å². The average molecular weight is 538 g/mol. The van der Waals surface area contributed by atoms with Crippen molar-refractivity contribution >= 4 is 35.0 Å². The molecular formula is C26H22ClN4O5S+. The number of aromatic nitrogens is 3. The molecule has 0 saturated heterocycles. The topological polar surface area (TPSA) is 117 Å². The van der Waals surface area contributed by atoms with E-state index in [0.29, 0.717) is 33.1 Å². The highest BCUT2D eigenvalue weighted by molar-refractivity contribution is 7.98. The molecule has 0 unspecified atom stereocenters. The predicted octanol–water partition coefficient (Wildman–Crippen LogP) is 4.11. The highest BCUT2D eigenvalue weighted by Gasteiger charge is 2.38. The quantitative estimate of drug-likeness (QED) is 0.227. The number of fused-ring (bicyclic) bond motifs is 3. The van der Waals surface area contributed by atoms with E-state index in [9.17, 15) is 9.59 Å². The number of aromatic amines is 1. The first-order valence-electron chi connectivity index (χ1n) is 11.3. The molecule has 0 bridgehead atoms. The third-order valence-electron chi connectivity index (χ3n) is 5.76. The molecule has 0 aliphatic carbocycles. The monoisotopic (exact) mass is 537 g/mol. The number of methoxy groups -OCH3 is 1. The van der Waals surface area contributed by atoms with Crippen molar-refractivity contribution in [3.63, 3.8) is 0 Å². The number of carbonyl (C=O) groups is 1. The van der Waals surface area contributed by atoms with Crippen LogP contribution in [0.2, 0.25) is 5.02 Å². The fraction of sp³-hybridized carbons (Fsp3) is 0.154. The summed E-state index contributed by atoms with van der Waals surface area (Å²) in [5, 5.41) is 18.3. The minimum Gasteiger partial charge on any atom is -0.493 e. The maximum atomic E-state index is 13.3. The van der Waals surface area contributed by atoms with Crippen LogP contribution in [-0.4, -0.2) is 34.9 Å². The molecule has 188 valence electrons. The summed E-state index contributed by atoms with van der Waals surface area (Å²) in [5.74, 6) is 0.0937. The zero-order valence-corrected chi connectivity index (χ0v) is 21.2. The molecule has 3 N–H and O–H groups in total. The van der Waals surface area contributed by atoms with E-state index in [1.165, 1.54) is 18.9 Å². The summed E-state index contributed by atoms with van der Waals surface area (Å²) in [6.07, 6.45) is -0.547. The number of hydrogen-bond donors (Lipinski definition) is 3. The largest absolute Gasteiger partial charge is 0.493 e. The van der Waals surface area contributed by atoms with Gasteiger partial charge in [0.1, 0.15) is 0 Å². The number of nitrogens with zero attached hydrogens (tertiary/aromatic N) is 2. The van der Waals surface area contributed by atoms with Crippen LogP contribution in [0.25, 0.3) is 11.3 Å². The van der Waals surface area contributed by atoms with Gasteiger partial charge in [-0.3, -0.25) is 9.78 Å². The maximum absolute atomic E-state index is 13.3. The van der Waals surface area contributed by atoms with Crippen molar-refractivity contribution in [1.29, 1.82) is 0 Å². The molecule has 1 aliphatic heterocycles. The molecule has 9 nitrogen and oxygen atoms in total. The smallest absolute Gasteiger partial charge is 0.341 e. The van der Waals surface area contributed by atoms with Crippen LogP contribution in [0.3, 0.4) is 0 Å². The van der Waals surface area contributed by atoms with E-state index in [1.807, 2.05) is 48.5 Å². The van der Waals surface area contributed by atoms with Crippen molar-refractivity contribution in [2.45, 2.75) is 17.1 Å². The third kappa shape index (κ3) is 5.11. The summed E-state index contributed by atoms with van der Waals surface area (Å²) < 4.78 is 12.5. The van der Waals surface area contributed by atoms with E-state index < -0.39 is 18.7 Å². The van der Waals surface area contributed by atoms with Crippen LogP contribution in [0.15, 0.2) is 76.7 Å². The summed E-state index contributed by atoms with van der Waals surface area (Å²) in [6, 6.07) is 20.2. The van der Waals surface area contributed by atoms with E-state index in [2.05, 4.69) is 10.3 Å². The Labute approximate surface area is 221 Å². The second-order valence-electron chi connectivity index (χ2n) is 8.12. The molecular weight excluding hydrogens is 516 g/mol. The van der Waals surface area contributed by atoms with Crippen LogP contribution in [0.4, 0.5) is 5.69 Å². The van der Waals surface area contributed by atoms with Crippen LogP contribution in [0.1, 0.15) is 17.3 Å². The minimum absolute atomic E-state index is 0.274. The highest BCUT2D eigenvalue weighted by atomic mass is 35.5. The summed E-state index contributed by atoms with van der Waals surface area (Å²) in [4.78, 5) is 27.2. The first-order chi connectivity index (χ1) is 17.9. The number of anilines is 1. The van der Waals surface area contributed by atoms with Crippen LogP contribution < -0.4 is 25.0 Å². The van der Waals surface area contributed by atoms with Gasteiger partial charge in [0.05, 0.1) is 18.4 Å². The molecule has 11 heteroatoms. The molecule has 1 aliphatic rings. The van der Waals surface area contributed by atoms with Gasteiger partial charge in [-0.2, -0.15) is 0 Å². The fourth-order valence-corrected chi connectivity index (χ4v) is 5.19. The molecule has 0 spiro atoms. The van der Waals surface area contributed by atoms with Crippen molar-refractivity contribution in [3.8, 4) is 22.8 Å². The lowest BCUT2D eigenvalue weighted by Crippen LogP contribution is -2.55. The van der Waals surface area contributed by atoms with Crippen molar-refractivity contribution in [3.05, 3.63) is 93.2 Å². The number of halogens is 1. The van der Waals surface area contributed by atoms with E-state index in [0.717, 1.165) is 22.4 Å². The van der Waals surface area contributed by atoms with E-state index in [1.54, 1.807) is 22.9 Å². The van der Waals surface area contributed by atoms with E-state index >= 15 is 0 Å². The van der Waals surface area contributed by atoms with Gasteiger partial charge in [-0.25, -0.2) is 4.79 Å². The van der Waals surface area contributed by atoms with Crippen LogP contribution in [0.5, 0.6) is 11.5 Å². The number of nitrogens with one attached hydrogen (secondary N) is 2. The number of carboxylic acids is 1. The van der Waals surface area contributed by atoms with Gasteiger partial charge in [-0.05, 0) is 46.6 Å². The molecule has 3 aromatic carbocycles. The SMILES string of the molecule is COc1cc([C@H]2Nc3ccccc3-c3c(=O)[nH]c(SCc4ccccc4Cl)n[n+]32)ccc1OCC(=O)O. The van der Waals surface area contributed by atoms with Crippen LogP contribution in [0, 0.1) is 0 Å². The zero-order valence-electron chi connectivity index (χ0n) is 19.6. The van der Waals surface area contributed by atoms with Crippen molar-refractivity contribution in [2.75, 3.05) is 19.0 Å². The number of ether oxygens (including phenoxy) is 2. The second-order valence-corrected chi connectivity index (χ2v) is 9.49. The molecule has 2 heterocycles. The van der Waals surface area contributed by atoms with Crippen molar-refractivity contribution < 1.29 is 24.1 Å². The molecule has 1 aromatic heterocycles. The van der Waals surface area contributed by atoms with Crippen molar-refractivity contribution in [1.82, 2.24) is 10.1 Å². The summed E-state index contributed by atoms with van der Waals surface area (Å²) in [7, 11) is 1.48. The number of benzene rings is 3. The molecule has 37 heavy (non-hydrogen) atoms. The lowest BCUT2D eigenvalue weighted by atomic mass is 10.0. The Morgan fingerprint density at radius 3 is 2.70 bits per heavy atom. The molecule has 0 saturated carbocycles. The molecule has 4 aromatic rings. The fourth-order valence-electron chi connectivity index (χ4n) is 4.05. The number of para-hydroxylation sites is 1. The minimum atomic E-state index is -1.09. The summed E-state index contributed by atoms with van der Waals surface area (Å²) >= 11 is 7.67. The Morgan fingerprint density at radius 1 is 1.14 bits per heavy atom. The number of rotatable bonds is 8. The first-order valence-corrected chi connectivity index (χ1v) is 12.6. The molecule has 1 atom stereocenters. The van der Waals surface area contributed by atoms with Gasteiger partial charge in [0.25, 0.3) is 6.17 Å². The molecule has 5 rings (SSSR count). The third-order valence-corrected chi connectivity index (χ3v) is 7.04. The Morgan fingerprint density at radius 2 is 1.92 bits per heavy atom. The number of aliphatic carboxylic acids is 1. The van der Waals surface area contributed by atoms with Gasteiger partial charge in [0, 0.05) is 21.4 Å². The average Bonchev–Trinajstić information content (AvgIpc) is 2.90. The van der Waals surface area contributed by atoms with Gasteiger partial charge in [0.2, 0.25) is 5.16 Å². The number of thioether (sulfide) groups is 1. The van der Waals surface area contributed by atoms with Gasteiger partial charge in [-0.1, -0.05) is 53.7 Å². The van der Waals surface area contributed by atoms with Gasteiger partial charge >= 0.3 is 17.2 Å². The lowest BCUT2D eigenvalue weighted by Gasteiger charge is -2.23. The number of H-pyrrole nitrogens is 1. The predicted molar refractivity (Wildman–Crippen MR) is 139 cm³/mol. The first kappa shape index (κ1) is 24.7. The van der Waals surface area contributed by atoms with Gasteiger partial charge in [-0.15, -0.1) is 0 Å². The van der Waals surface area contributed by atoms with Gasteiger partial charge < -0.3 is 19.9 Å². The highest BCUT2D eigenvalue weighted by Crippen LogP contribution is 2.35. The Kier molecular flexibility index (Phi) is 7.02. The van der Waals surface area contributed by atoms with E-state index in [4.69, 9.17) is 31.3 Å². The van der Waals surface area contributed by atoms with Gasteiger partial charge in [0.15, 0.2) is 18.1 Å². The lowest BCUT2D eigenvalue weighted by molar-refractivity contribution is -0.759.